The molecule has 2 amide bonds. The number of ether oxygens (including phenoxy) is 1. The van der Waals surface area contributed by atoms with Gasteiger partial charge >= 0.3 is 12.1 Å². The summed E-state index contributed by atoms with van der Waals surface area (Å²) in [6.07, 6.45) is 3.91. The average Bonchev–Trinajstić information content (AvgIpc) is 3.44. The third-order valence-corrected chi connectivity index (χ3v) is 7.44. The number of rotatable bonds is 9. The molecule has 2 aromatic rings. The third-order valence-electron chi connectivity index (χ3n) is 6.79. The molecule has 0 radical (unpaired) electrons. The lowest BCUT2D eigenvalue weighted by Gasteiger charge is -2.28. The summed E-state index contributed by atoms with van der Waals surface area (Å²) in [4.78, 5) is 37.5. The summed E-state index contributed by atoms with van der Waals surface area (Å²) in [5.41, 5.74) is 3.24. The van der Waals surface area contributed by atoms with Gasteiger partial charge in [0.2, 0.25) is 5.91 Å². The van der Waals surface area contributed by atoms with Crippen LogP contribution >= 0.6 is 11.8 Å². The van der Waals surface area contributed by atoms with E-state index in [1.165, 1.54) is 0 Å². The Labute approximate surface area is 203 Å². The lowest BCUT2D eigenvalue weighted by atomic mass is 9.97. The fourth-order valence-corrected chi connectivity index (χ4v) is 5.45. The zero-order valence-electron chi connectivity index (χ0n) is 19.2. The Bertz CT molecular complexity index is 1020. The van der Waals surface area contributed by atoms with Crippen molar-refractivity contribution in [3.63, 3.8) is 0 Å². The highest BCUT2D eigenvalue weighted by molar-refractivity contribution is 7.98. The maximum atomic E-state index is 13.0. The van der Waals surface area contributed by atoms with E-state index in [-0.39, 0.29) is 12.5 Å². The van der Waals surface area contributed by atoms with Crippen LogP contribution in [0.4, 0.5) is 4.79 Å². The van der Waals surface area contributed by atoms with Crippen LogP contribution in [-0.4, -0.2) is 53.3 Å². The van der Waals surface area contributed by atoms with E-state index in [9.17, 15) is 19.5 Å². The van der Waals surface area contributed by atoms with Gasteiger partial charge in [-0.15, -0.1) is 0 Å². The molecule has 1 atom stereocenters. The van der Waals surface area contributed by atoms with Gasteiger partial charge < -0.3 is 20.5 Å². The van der Waals surface area contributed by atoms with Crippen molar-refractivity contribution in [2.24, 2.45) is 0 Å². The Kier molecular flexibility index (Phi) is 7.46. The number of hydrogen-bond donors (Lipinski definition) is 3. The first-order chi connectivity index (χ1) is 16.4. The van der Waals surface area contributed by atoms with E-state index in [1.54, 1.807) is 11.8 Å². The van der Waals surface area contributed by atoms with E-state index in [0.29, 0.717) is 25.0 Å². The first kappa shape index (κ1) is 24.1. The molecule has 0 aliphatic heterocycles. The zero-order chi connectivity index (χ0) is 24.1. The summed E-state index contributed by atoms with van der Waals surface area (Å²) in [6.45, 7) is 0.149. The first-order valence-corrected chi connectivity index (χ1v) is 13.0. The fraction of sp³-hybridized carbons (Fsp3) is 0.423. The van der Waals surface area contributed by atoms with Crippen LogP contribution in [0.2, 0.25) is 0 Å². The van der Waals surface area contributed by atoms with Crippen LogP contribution in [0.15, 0.2) is 48.5 Å². The number of carboxylic acids is 1. The second kappa shape index (κ2) is 10.5. The van der Waals surface area contributed by atoms with Gasteiger partial charge in [0.25, 0.3) is 0 Å². The molecule has 34 heavy (non-hydrogen) atoms. The Morgan fingerprint density at radius 3 is 2.21 bits per heavy atom. The number of nitrogens with one attached hydrogen (secondary N) is 2. The number of fused-ring (bicyclic) bond motifs is 3. The number of benzene rings is 2. The molecular weight excluding hydrogens is 452 g/mol. The minimum absolute atomic E-state index is 0.0783. The maximum Gasteiger partial charge on any atom is 0.407 e. The number of carbonyl (C=O) groups excluding carboxylic acids is 2. The second-order valence-electron chi connectivity index (χ2n) is 8.89. The molecule has 3 N–H and O–H groups in total. The standard InChI is InChI=1S/C26H30N2O5S/c1-34-15-12-22(23(29)28-26(24(30)31)13-6-7-14-26)27-25(32)33-16-21-19-10-4-2-8-17(19)18-9-3-5-11-20(18)21/h2-5,8-11,21-22H,6-7,12-16H2,1H3,(H,27,32)(H,28,29)(H,30,31). The van der Waals surface area contributed by atoms with Crippen molar-refractivity contribution in [2.45, 2.75) is 49.6 Å². The topological polar surface area (TPSA) is 105 Å². The van der Waals surface area contributed by atoms with Crippen LogP contribution in [-0.2, 0) is 14.3 Å². The van der Waals surface area contributed by atoms with Gasteiger partial charge in [-0.1, -0.05) is 61.4 Å². The molecule has 0 aromatic heterocycles. The second-order valence-corrected chi connectivity index (χ2v) is 9.87. The smallest absolute Gasteiger partial charge is 0.407 e. The number of amides is 2. The molecule has 0 bridgehead atoms. The highest BCUT2D eigenvalue weighted by Gasteiger charge is 2.43. The van der Waals surface area contributed by atoms with Crippen molar-refractivity contribution in [3.8, 4) is 11.1 Å². The molecule has 2 aliphatic rings. The number of alkyl carbamates (subject to hydrolysis) is 1. The van der Waals surface area contributed by atoms with Gasteiger partial charge in [0.15, 0.2) is 0 Å². The van der Waals surface area contributed by atoms with Gasteiger partial charge in [-0.3, -0.25) is 4.79 Å². The highest BCUT2D eigenvalue weighted by Crippen LogP contribution is 2.44. The average molecular weight is 483 g/mol. The monoisotopic (exact) mass is 482 g/mol. The van der Waals surface area contributed by atoms with E-state index >= 15 is 0 Å². The van der Waals surface area contributed by atoms with Crippen LogP contribution in [0.3, 0.4) is 0 Å². The van der Waals surface area contributed by atoms with E-state index < -0.39 is 29.6 Å². The van der Waals surface area contributed by atoms with Gasteiger partial charge in [0.05, 0.1) is 0 Å². The summed E-state index contributed by atoms with van der Waals surface area (Å²) in [7, 11) is 0. The molecule has 2 aromatic carbocycles. The minimum Gasteiger partial charge on any atom is -0.480 e. The van der Waals surface area contributed by atoms with Crippen LogP contribution in [0.1, 0.15) is 49.1 Å². The lowest BCUT2D eigenvalue weighted by molar-refractivity contribution is -0.147. The number of carboxylic acid groups (broad SMARTS) is 1. The molecule has 1 fully saturated rings. The molecule has 4 rings (SSSR count). The van der Waals surface area contributed by atoms with Crippen LogP contribution < -0.4 is 10.6 Å². The minimum atomic E-state index is -1.25. The number of aliphatic carboxylic acids is 1. The Morgan fingerprint density at radius 1 is 1.06 bits per heavy atom. The molecule has 0 saturated heterocycles. The van der Waals surface area contributed by atoms with Crippen molar-refractivity contribution < 1.29 is 24.2 Å². The predicted molar refractivity (Wildman–Crippen MR) is 132 cm³/mol. The van der Waals surface area contributed by atoms with E-state index in [1.807, 2.05) is 42.7 Å². The number of thioether (sulfide) groups is 1. The summed E-state index contributed by atoms with van der Waals surface area (Å²) in [6, 6.07) is 15.3. The molecule has 0 heterocycles. The summed E-state index contributed by atoms with van der Waals surface area (Å²) in [5.74, 6) is -0.942. The molecule has 1 saturated carbocycles. The van der Waals surface area contributed by atoms with Crippen molar-refractivity contribution in [1.82, 2.24) is 10.6 Å². The maximum absolute atomic E-state index is 13.0. The molecule has 7 nitrogen and oxygen atoms in total. The van der Waals surface area contributed by atoms with Crippen molar-refractivity contribution in [2.75, 3.05) is 18.6 Å². The third kappa shape index (κ3) is 4.92. The number of carbonyl (C=O) groups is 3. The van der Waals surface area contributed by atoms with Gasteiger partial charge in [-0.05, 0) is 53.5 Å². The van der Waals surface area contributed by atoms with E-state index in [2.05, 4.69) is 22.8 Å². The van der Waals surface area contributed by atoms with Gasteiger partial charge in [-0.2, -0.15) is 11.8 Å². The van der Waals surface area contributed by atoms with E-state index in [4.69, 9.17) is 4.74 Å². The molecular formula is C26H30N2O5S. The highest BCUT2D eigenvalue weighted by atomic mass is 32.2. The van der Waals surface area contributed by atoms with Crippen molar-refractivity contribution in [3.05, 3.63) is 59.7 Å². The fourth-order valence-electron chi connectivity index (χ4n) is 4.98. The SMILES string of the molecule is CSCCC(NC(=O)OCC1c2ccccc2-c2ccccc21)C(=O)NC1(C(=O)O)CCCC1. The van der Waals surface area contributed by atoms with Crippen LogP contribution in [0, 0.1) is 0 Å². The molecule has 1 unspecified atom stereocenters. The largest absolute Gasteiger partial charge is 0.480 e. The first-order valence-electron chi connectivity index (χ1n) is 11.6. The van der Waals surface area contributed by atoms with Crippen LogP contribution in [0.25, 0.3) is 11.1 Å². The quantitative estimate of drug-likeness (QED) is 0.496. The number of hydrogen-bond acceptors (Lipinski definition) is 5. The Hall–Kier alpha value is -3.00. The van der Waals surface area contributed by atoms with Gasteiger partial charge in [0.1, 0.15) is 18.2 Å². The molecule has 8 heteroatoms. The Balaban J connectivity index is 1.42. The molecule has 2 aliphatic carbocycles. The molecule has 180 valence electrons. The van der Waals surface area contributed by atoms with E-state index in [0.717, 1.165) is 35.1 Å². The molecule has 0 spiro atoms. The van der Waals surface area contributed by atoms with Gasteiger partial charge in [-0.25, -0.2) is 9.59 Å². The van der Waals surface area contributed by atoms with Crippen molar-refractivity contribution in [1.29, 1.82) is 0 Å². The predicted octanol–water partition coefficient (Wildman–Crippen LogP) is 4.16. The Morgan fingerprint density at radius 2 is 1.65 bits per heavy atom. The lowest BCUT2D eigenvalue weighted by Crippen LogP contribution is -2.58. The van der Waals surface area contributed by atoms with Gasteiger partial charge in [0, 0.05) is 5.92 Å². The zero-order valence-corrected chi connectivity index (χ0v) is 20.0. The summed E-state index contributed by atoms with van der Waals surface area (Å²) < 4.78 is 5.59. The van der Waals surface area contributed by atoms with Crippen molar-refractivity contribution >= 4 is 29.7 Å². The van der Waals surface area contributed by atoms with Crippen LogP contribution in [0.5, 0.6) is 0 Å². The summed E-state index contributed by atoms with van der Waals surface area (Å²) >= 11 is 1.55. The summed E-state index contributed by atoms with van der Waals surface area (Å²) in [5, 5.41) is 15.1. The normalized spacial score (nSPS) is 16.9.